The lowest BCUT2D eigenvalue weighted by Gasteiger charge is -2.11. The molecule has 0 fully saturated rings. The molecule has 0 atom stereocenters. The summed E-state index contributed by atoms with van der Waals surface area (Å²) in [4.78, 5) is 25.9. The monoisotopic (exact) mass is 366 g/mol. The maximum absolute atomic E-state index is 12.0. The van der Waals surface area contributed by atoms with Gasteiger partial charge in [0.2, 0.25) is 11.8 Å². The van der Waals surface area contributed by atoms with Crippen molar-refractivity contribution in [3.63, 3.8) is 0 Å². The van der Waals surface area contributed by atoms with Crippen molar-refractivity contribution in [2.45, 2.75) is 26.7 Å². The zero-order valence-corrected chi connectivity index (χ0v) is 16.2. The highest BCUT2D eigenvalue weighted by Crippen LogP contribution is 2.16. The number of carbonyl (C=O) groups is 2. The molecule has 6 nitrogen and oxygen atoms in total. The van der Waals surface area contributed by atoms with Crippen LogP contribution in [0.25, 0.3) is 0 Å². The Hall–Kier alpha value is -3.15. The minimum absolute atomic E-state index is 0.0770. The molecule has 2 rings (SSSR count). The van der Waals surface area contributed by atoms with Gasteiger partial charge in [-0.3, -0.25) is 9.59 Å². The Morgan fingerprint density at radius 1 is 1.00 bits per heavy atom. The first-order valence-electron chi connectivity index (χ1n) is 8.81. The van der Waals surface area contributed by atoms with Crippen LogP contribution in [0.3, 0.4) is 0 Å². The molecule has 0 aliphatic rings. The molecule has 0 saturated carbocycles. The van der Waals surface area contributed by atoms with Gasteiger partial charge in [-0.2, -0.15) is 5.10 Å². The predicted octanol–water partition coefficient (Wildman–Crippen LogP) is 3.24. The van der Waals surface area contributed by atoms with Crippen molar-refractivity contribution in [2.24, 2.45) is 5.10 Å². The Morgan fingerprint density at radius 3 is 2.33 bits per heavy atom. The van der Waals surface area contributed by atoms with Crippen molar-refractivity contribution in [3.05, 3.63) is 59.2 Å². The van der Waals surface area contributed by atoms with E-state index in [0.29, 0.717) is 0 Å². The number of hydrogen-bond acceptors (Lipinski definition) is 4. The number of carbonyl (C=O) groups excluding carboxylic acids is 2. The van der Waals surface area contributed by atoms with Gasteiger partial charge in [-0.05, 0) is 48.7 Å². The molecule has 0 spiro atoms. The maximum atomic E-state index is 12.0. The molecule has 2 N–H and O–H groups in total. The van der Waals surface area contributed by atoms with E-state index in [0.717, 1.165) is 28.1 Å². The average Bonchev–Trinajstić information content (AvgIpc) is 2.63. The first-order valence-corrected chi connectivity index (χ1v) is 8.81. The lowest BCUT2D eigenvalue weighted by Crippen LogP contribution is -2.21. The van der Waals surface area contributed by atoms with E-state index in [2.05, 4.69) is 15.8 Å². The van der Waals surface area contributed by atoms with Crippen molar-refractivity contribution < 1.29 is 9.59 Å². The Kier molecular flexibility index (Phi) is 7.11. The molecule has 0 aliphatic carbocycles. The quantitative estimate of drug-likeness (QED) is 0.584. The third-order valence-corrected chi connectivity index (χ3v) is 4.06. The van der Waals surface area contributed by atoms with Gasteiger partial charge in [-0.15, -0.1) is 0 Å². The molecule has 0 heterocycles. The molecular formula is C21H26N4O2. The third kappa shape index (κ3) is 6.58. The van der Waals surface area contributed by atoms with Gasteiger partial charge in [0.25, 0.3) is 0 Å². The summed E-state index contributed by atoms with van der Waals surface area (Å²) in [5.41, 5.74) is 7.26. The van der Waals surface area contributed by atoms with E-state index in [1.54, 1.807) is 6.21 Å². The van der Waals surface area contributed by atoms with Crippen LogP contribution in [0.15, 0.2) is 47.6 Å². The van der Waals surface area contributed by atoms with Crippen molar-refractivity contribution in [2.75, 3.05) is 24.3 Å². The van der Waals surface area contributed by atoms with Crippen LogP contribution >= 0.6 is 0 Å². The van der Waals surface area contributed by atoms with E-state index in [4.69, 9.17) is 0 Å². The van der Waals surface area contributed by atoms with Gasteiger partial charge in [-0.1, -0.05) is 24.3 Å². The van der Waals surface area contributed by atoms with Gasteiger partial charge >= 0.3 is 0 Å². The number of nitrogens with zero attached hydrogens (tertiary/aromatic N) is 2. The highest BCUT2D eigenvalue weighted by atomic mass is 16.2. The molecule has 0 unspecified atom stereocenters. The minimum Gasteiger partial charge on any atom is -0.378 e. The molecule has 6 heteroatoms. The summed E-state index contributed by atoms with van der Waals surface area (Å²) < 4.78 is 0. The van der Waals surface area contributed by atoms with Gasteiger partial charge in [0.05, 0.1) is 6.21 Å². The molecule has 2 amide bonds. The summed E-state index contributed by atoms with van der Waals surface area (Å²) >= 11 is 0. The zero-order chi connectivity index (χ0) is 19.8. The van der Waals surface area contributed by atoms with Crippen molar-refractivity contribution in [1.82, 2.24) is 5.43 Å². The lowest BCUT2D eigenvalue weighted by atomic mass is 10.1. The normalized spacial score (nSPS) is 10.7. The van der Waals surface area contributed by atoms with Crippen molar-refractivity contribution in [3.8, 4) is 0 Å². The van der Waals surface area contributed by atoms with E-state index in [1.807, 2.05) is 75.3 Å². The molecule has 0 radical (unpaired) electrons. The van der Waals surface area contributed by atoms with Crippen LogP contribution in [0.2, 0.25) is 0 Å². The Labute approximate surface area is 160 Å². The number of nitrogens with one attached hydrogen (secondary N) is 2. The Balaban J connectivity index is 1.76. The van der Waals surface area contributed by atoms with Gasteiger partial charge in [0.1, 0.15) is 0 Å². The first-order chi connectivity index (χ1) is 12.8. The van der Waals surface area contributed by atoms with Crippen LogP contribution in [0, 0.1) is 13.8 Å². The number of hydrogen-bond donors (Lipinski definition) is 2. The topological polar surface area (TPSA) is 73.8 Å². The smallest absolute Gasteiger partial charge is 0.240 e. The fraction of sp³-hybridized carbons (Fsp3) is 0.286. The second-order valence-corrected chi connectivity index (χ2v) is 6.65. The van der Waals surface area contributed by atoms with Gasteiger partial charge < -0.3 is 10.2 Å². The van der Waals surface area contributed by atoms with Crippen LogP contribution < -0.4 is 15.6 Å². The zero-order valence-electron chi connectivity index (χ0n) is 16.2. The number of anilines is 2. The lowest BCUT2D eigenvalue weighted by molar-refractivity contribution is -0.124. The molecule has 27 heavy (non-hydrogen) atoms. The summed E-state index contributed by atoms with van der Waals surface area (Å²) in [6, 6.07) is 13.6. The van der Waals surface area contributed by atoms with Gasteiger partial charge in [0, 0.05) is 38.3 Å². The highest BCUT2D eigenvalue weighted by Gasteiger charge is 2.08. The van der Waals surface area contributed by atoms with E-state index in [9.17, 15) is 9.59 Å². The molecule has 0 saturated heterocycles. The van der Waals surface area contributed by atoms with Crippen LogP contribution in [-0.4, -0.2) is 32.1 Å². The second-order valence-electron chi connectivity index (χ2n) is 6.65. The standard InChI is InChI=1S/C21H26N4O2/c1-15-5-6-16(2)19(13-15)23-20(26)11-12-21(27)24-22-14-17-7-9-18(10-8-17)25(3)4/h5-10,13-14H,11-12H2,1-4H3,(H,23,26)(H,24,27). The molecule has 0 bridgehead atoms. The van der Waals surface area contributed by atoms with E-state index in [-0.39, 0.29) is 24.7 Å². The van der Waals surface area contributed by atoms with Crippen LogP contribution in [0.4, 0.5) is 11.4 Å². The van der Waals surface area contributed by atoms with Crippen LogP contribution in [0.1, 0.15) is 29.5 Å². The summed E-state index contributed by atoms with van der Waals surface area (Å²) in [6.45, 7) is 3.90. The van der Waals surface area contributed by atoms with Gasteiger partial charge in [-0.25, -0.2) is 5.43 Å². The predicted molar refractivity (Wildman–Crippen MR) is 110 cm³/mol. The maximum Gasteiger partial charge on any atom is 0.240 e. The molecular weight excluding hydrogens is 340 g/mol. The molecule has 2 aromatic rings. The fourth-order valence-corrected chi connectivity index (χ4v) is 2.40. The van der Waals surface area contributed by atoms with Crippen molar-refractivity contribution in [1.29, 1.82) is 0 Å². The molecule has 0 aromatic heterocycles. The molecule has 142 valence electrons. The number of benzene rings is 2. The number of amides is 2. The van der Waals surface area contributed by atoms with E-state index in [1.165, 1.54) is 0 Å². The third-order valence-electron chi connectivity index (χ3n) is 4.06. The van der Waals surface area contributed by atoms with E-state index < -0.39 is 0 Å². The molecule has 2 aromatic carbocycles. The largest absolute Gasteiger partial charge is 0.378 e. The summed E-state index contributed by atoms with van der Waals surface area (Å²) in [5, 5.41) is 6.78. The summed E-state index contributed by atoms with van der Waals surface area (Å²) in [7, 11) is 3.94. The minimum atomic E-state index is -0.299. The first kappa shape index (κ1) is 20.2. The fourth-order valence-electron chi connectivity index (χ4n) is 2.40. The second kappa shape index (κ2) is 9.52. The SMILES string of the molecule is Cc1ccc(C)c(NC(=O)CCC(=O)NN=Cc2ccc(N(C)C)cc2)c1. The van der Waals surface area contributed by atoms with Crippen molar-refractivity contribution >= 4 is 29.4 Å². The van der Waals surface area contributed by atoms with Crippen LogP contribution in [0.5, 0.6) is 0 Å². The van der Waals surface area contributed by atoms with E-state index >= 15 is 0 Å². The Morgan fingerprint density at radius 2 is 1.67 bits per heavy atom. The van der Waals surface area contributed by atoms with Gasteiger partial charge in [0.15, 0.2) is 0 Å². The molecule has 0 aliphatic heterocycles. The summed E-state index contributed by atoms with van der Waals surface area (Å²) in [5.74, 6) is -0.491. The van der Waals surface area contributed by atoms with Crippen LogP contribution in [-0.2, 0) is 9.59 Å². The number of hydrazone groups is 1. The summed E-state index contributed by atoms with van der Waals surface area (Å²) in [6.07, 6.45) is 1.76. The number of aryl methyl sites for hydroxylation is 2. The average molecular weight is 366 g/mol. The highest BCUT2D eigenvalue weighted by molar-refractivity contribution is 5.94. The number of rotatable bonds is 7. The Bertz CT molecular complexity index is 827.